The van der Waals surface area contributed by atoms with E-state index >= 15 is 0 Å². The van der Waals surface area contributed by atoms with Crippen LogP contribution in [0.3, 0.4) is 0 Å². The first kappa shape index (κ1) is 17.6. The molecule has 0 amide bonds. The number of hydrogen-bond donors (Lipinski definition) is 0. The monoisotopic (exact) mass is 389 g/mol. The molecule has 0 saturated carbocycles. The maximum absolute atomic E-state index is 6.56. The summed E-state index contributed by atoms with van der Waals surface area (Å²) in [5.74, 6) is 0. The zero-order valence-corrected chi connectivity index (χ0v) is 16.2. The number of nitrogens with zero attached hydrogens (tertiary/aromatic N) is 3. The number of pyridine rings is 2. The molecule has 28 heavy (non-hydrogen) atoms. The van der Waals surface area contributed by atoms with Gasteiger partial charge in [0.05, 0.1) is 24.4 Å². The van der Waals surface area contributed by atoms with Crippen molar-refractivity contribution in [2.45, 2.75) is 6.54 Å². The lowest BCUT2D eigenvalue weighted by molar-refractivity contribution is 0.0337. The van der Waals surface area contributed by atoms with Gasteiger partial charge in [0.15, 0.2) is 0 Å². The van der Waals surface area contributed by atoms with E-state index < -0.39 is 0 Å². The van der Waals surface area contributed by atoms with Crippen LogP contribution in [0.25, 0.3) is 32.8 Å². The van der Waals surface area contributed by atoms with E-state index in [1.54, 1.807) is 0 Å². The third-order valence-corrected chi connectivity index (χ3v) is 5.56. The van der Waals surface area contributed by atoms with E-state index in [0.717, 1.165) is 71.3 Å². The lowest BCUT2D eigenvalue weighted by atomic mass is 9.99. The van der Waals surface area contributed by atoms with Crippen molar-refractivity contribution in [3.63, 3.8) is 0 Å². The second-order valence-corrected chi connectivity index (χ2v) is 7.47. The summed E-state index contributed by atoms with van der Waals surface area (Å²) in [5.41, 5.74) is 4.20. The van der Waals surface area contributed by atoms with Gasteiger partial charge < -0.3 is 4.74 Å². The second kappa shape index (κ2) is 7.47. The second-order valence-electron chi connectivity index (χ2n) is 7.11. The minimum absolute atomic E-state index is 0.552. The van der Waals surface area contributed by atoms with Crippen LogP contribution >= 0.6 is 11.6 Å². The summed E-state index contributed by atoms with van der Waals surface area (Å²) in [6.45, 7) is 4.18. The minimum atomic E-state index is 0.552. The van der Waals surface area contributed by atoms with Gasteiger partial charge in [-0.2, -0.15) is 0 Å². The zero-order valence-electron chi connectivity index (χ0n) is 15.4. The van der Waals surface area contributed by atoms with E-state index in [4.69, 9.17) is 16.3 Å². The Balaban J connectivity index is 1.61. The molecule has 1 saturated heterocycles. The highest BCUT2D eigenvalue weighted by Gasteiger charge is 2.15. The number of ether oxygens (including phenoxy) is 1. The average Bonchev–Trinajstić information content (AvgIpc) is 2.74. The predicted octanol–water partition coefficient (Wildman–Crippen LogP) is 4.94. The predicted molar refractivity (Wildman–Crippen MR) is 114 cm³/mol. The fraction of sp³-hybridized carbons (Fsp3) is 0.217. The van der Waals surface area contributed by atoms with Crippen molar-refractivity contribution in [2.24, 2.45) is 0 Å². The minimum Gasteiger partial charge on any atom is -0.379 e. The Bertz CT molecular complexity index is 1160. The molecule has 0 aliphatic carbocycles. The Morgan fingerprint density at radius 3 is 2.71 bits per heavy atom. The van der Waals surface area contributed by atoms with Crippen molar-refractivity contribution in [1.82, 2.24) is 14.9 Å². The van der Waals surface area contributed by atoms with E-state index in [1.807, 2.05) is 36.5 Å². The molecule has 5 rings (SSSR count). The van der Waals surface area contributed by atoms with Gasteiger partial charge in [-0.05, 0) is 29.1 Å². The molecule has 1 aliphatic rings. The topological polar surface area (TPSA) is 38.2 Å². The van der Waals surface area contributed by atoms with Crippen LogP contribution in [0, 0.1) is 0 Å². The van der Waals surface area contributed by atoms with E-state index in [-0.39, 0.29) is 0 Å². The van der Waals surface area contributed by atoms with Crippen molar-refractivity contribution >= 4 is 33.3 Å². The van der Waals surface area contributed by atoms with Crippen molar-refractivity contribution in [3.8, 4) is 11.1 Å². The van der Waals surface area contributed by atoms with Crippen LogP contribution in [0.5, 0.6) is 0 Å². The lowest BCUT2D eigenvalue weighted by Crippen LogP contribution is -2.35. The molecule has 5 heteroatoms. The van der Waals surface area contributed by atoms with Crippen LogP contribution in [-0.4, -0.2) is 41.2 Å². The normalized spacial score (nSPS) is 15.3. The van der Waals surface area contributed by atoms with Crippen LogP contribution in [0.1, 0.15) is 5.69 Å². The van der Waals surface area contributed by atoms with Gasteiger partial charge in [-0.3, -0.25) is 9.88 Å². The highest BCUT2D eigenvalue weighted by Crippen LogP contribution is 2.33. The number of halogens is 1. The number of benzene rings is 2. The van der Waals surface area contributed by atoms with Crippen molar-refractivity contribution in [1.29, 1.82) is 0 Å². The SMILES string of the molecule is Clc1nc(CN2CCOCC2)cc2c(-c3cnc4ccccc4c3)cccc12. The maximum atomic E-state index is 6.56. The van der Waals surface area contributed by atoms with Gasteiger partial charge in [-0.15, -0.1) is 0 Å². The van der Waals surface area contributed by atoms with Crippen molar-refractivity contribution in [3.05, 3.63) is 71.6 Å². The van der Waals surface area contributed by atoms with Crippen LogP contribution in [0.2, 0.25) is 5.15 Å². The Hall–Kier alpha value is -2.53. The highest BCUT2D eigenvalue weighted by atomic mass is 35.5. The maximum Gasteiger partial charge on any atom is 0.137 e. The summed E-state index contributed by atoms with van der Waals surface area (Å²) in [6, 6.07) is 18.7. The molecule has 1 fully saturated rings. The lowest BCUT2D eigenvalue weighted by Gasteiger charge is -2.26. The first-order valence-electron chi connectivity index (χ1n) is 9.51. The molecule has 0 unspecified atom stereocenters. The van der Waals surface area contributed by atoms with Crippen LogP contribution in [0.4, 0.5) is 0 Å². The number of morpholine rings is 1. The zero-order chi connectivity index (χ0) is 18.9. The van der Waals surface area contributed by atoms with E-state index in [0.29, 0.717) is 5.15 Å². The number of para-hydroxylation sites is 1. The van der Waals surface area contributed by atoms with Crippen LogP contribution < -0.4 is 0 Å². The van der Waals surface area contributed by atoms with Crippen LogP contribution in [-0.2, 0) is 11.3 Å². The van der Waals surface area contributed by atoms with Crippen molar-refractivity contribution < 1.29 is 4.74 Å². The number of hydrogen-bond acceptors (Lipinski definition) is 4. The van der Waals surface area contributed by atoms with Gasteiger partial charge in [0, 0.05) is 42.2 Å². The third kappa shape index (κ3) is 3.35. The standard InChI is InChI=1S/C23H20ClN3O/c24-23-20-6-3-5-19(17-12-16-4-1-2-7-22(16)25-14-17)21(20)13-18(26-23)15-27-8-10-28-11-9-27/h1-7,12-14H,8-11,15H2. The molecular weight excluding hydrogens is 370 g/mol. The van der Waals surface area contributed by atoms with Gasteiger partial charge in [-0.1, -0.05) is 48.0 Å². The summed E-state index contributed by atoms with van der Waals surface area (Å²) >= 11 is 6.56. The molecule has 140 valence electrons. The van der Waals surface area contributed by atoms with Crippen LogP contribution in [0.15, 0.2) is 60.8 Å². The third-order valence-electron chi connectivity index (χ3n) is 5.27. The molecular formula is C23H20ClN3O. The molecule has 2 aromatic heterocycles. The summed E-state index contributed by atoms with van der Waals surface area (Å²) in [5, 5.41) is 3.77. The quantitative estimate of drug-likeness (QED) is 0.465. The van der Waals surface area contributed by atoms with Gasteiger partial charge >= 0.3 is 0 Å². The molecule has 0 atom stereocenters. The largest absolute Gasteiger partial charge is 0.379 e. The number of fused-ring (bicyclic) bond motifs is 2. The molecule has 4 nitrogen and oxygen atoms in total. The van der Waals surface area contributed by atoms with E-state index in [2.05, 4.69) is 39.1 Å². The molecule has 0 N–H and O–H groups in total. The van der Waals surface area contributed by atoms with Gasteiger partial charge in [-0.25, -0.2) is 4.98 Å². The summed E-state index contributed by atoms with van der Waals surface area (Å²) in [4.78, 5) is 11.6. The first-order valence-corrected chi connectivity index (χ1v) is 9.89. The fourth-order valence-corrected chi connectivity index (χ4v) is 4.10. The molecule has 0 radical (unpaired) electrons. The molecule has 1 aliphatic heterocycles. The summed E-state index contributed by atoms with van der Waals surface area (Å²) < 4.78 is 5.45. The highest BCUT2D eigenvalue weighted by molar-refractivity contribution is 6.34. The average molecular weight is 390 g/mol. The number of aromatic nitrogens is 2. The molecule has 3 heterocycles. The van der Waals surface area contributed by atoms with Gasteiger partial charge in [0.2, 0.25) is 0 Å². The van der Waals surface area contributed by atoms with E-state index in [1.165, 1.54) is 0 Å². The Labute approximate surface area is 168 Å². The molecule has 2 aromatic carbocycles. The summed E-state index contributed by atoms with van der Waals surface area (Å²) in [6.07, 6.45) is 1.94. The van der Waals surface area contributed by atoms with E-state index in [9.17, 15) is 0 Å². The summed E-state index contributed by atoms with van der Waals surface area (Å²) in [7, 11) is 0. The number of rotatable bonds is 3. The van der Waals surface area contributed by atoms with Gasteiger partial charge in [0.25, 0.3) is 0 Å². The van der Waals surface area contributed by atoms with Crippen molar-refractivity contribution in [2.75, 3.05) is 26.3 Å². The fourth-order valence-electron chi connectivity index (χ4n) is 3.83. The Morgan fingerprint density at radius 2 is 1.82 bits per heavy atom. The Kier molecular flexibility index (Phi) is 4.69. The Morgan fingerprint density at radius 1 is 0.964 bits per heavy atom. The molecule has 0 bridgehead atoms. The first-order chi connectivity index (χ1) is 13.8. The molecule has 0 spiro atoms. The smallest absolute Gasteiger partial charge is 0.137 e. The molecule has 4 aromatic rings. The van der Waals surface area contributed by atoms with Gasteiger partial charge in [0.1, 0.15) is 5.15 Å².